The number of aryl methyl sites for hydroxylation is 1. The Labute approximate surface area is 130 Å². The van der Waals surface area contributed by atoms with Crippen molar-refractivity contribution < 1.29 is 0 Å². The number of hydrogen-bond acceptors (Lipinski definition) is 5. The second kappa shape index (κ2) is 4.78. The number of fused-ring (bicyclic) bond motifs is 2. The topological polar surface area (TPSA) is 82.9 Å². The molecule has 0 atom stereocenters. The van der Waals surface area contributed by atoms with Crippen LogP contribution in [-0.2, 0) is 13.6 Å². The Balaban J connectivity index is 1.99. The van der Waals surface area contributed by atoms with Gasteiger partial charge in [-0.1, -0.05) is 23.3 Å². The molecule has 0 saturated carbocycles. The lowest BCUT2D eigenvalue weighted by molar-refractivity contribution is 0.576. The summed E-state index contributed by atoms with van der Waals surface area (Å²) in [5.41, 5.74) is 2.28. The Kier molecular flexibility index (Phi) is 2.74. The molecule has 0 bridgehead atoms. The summed E-state index contributed by atoms with van der Waals surface area (Å²) in [6, 6.07) is 7.75. The normalized spacial score (nSPS) is 11.1. The molecule has 0 spiro atoms. The van der Waals surface area contributed by atoms with E-state index in [9.17, 15) is 4.79 Å². The SMILES string of the molecule is C#CCn1nnc2c(-c3nc4ccccc4n3C)ncn2c1=O. The first kappa shape index (κ1) is 13.2. The molecule has 3 heterocycles. The number of hydrogen-bond donors (Lipinski definition) is 0. The molecule has 0 N–H and O–H groups in total. The summed E-state index contributed by atoms with van der Waals surface area (Å²) in [7, 11) is 1.89. The number of terminal acetylenes is 1. The second-order valence-electron chi connectivity index (χ2n) is 5.00. The van der Waals surface area contributed by atoms with Crippen LogP contribution in [0.2, 0.25) is 0 Å². The minimum atomic E-state index is -0.384. The summed E-state index contributed by atoms with van der Waals surface area (Å²) < 4.78 is 4.33. The van der Waals surface area contributed by atoms with Gasteiger partial charge in [-0.05, 0) is 12.1 Å². The van der Waals surface area contributed by atoms with Crippen molar-refractivity contribution in [1.82, 2.24) is 33.9 Å². The maximum Gasteiger partial charge on any atom is 0.353 e. The molecular weight excluding hydrogens is 294 g/mol. The average molecular weight is 305 g/mol. The van der Waals surface area contributed by atoms with Gasteiger partial charge in [0.25, 0.3) is 0 Å². The van der Waals surface area contributed by atoms with Gasteiger partial charge in [-0.15, -0.1) is 11.5 Å². The van der Waals surface area contributed by atoms with E-state index in [1.54, 1.807) is 0 Å². The molecule has 0 amide bonds. The number of rotatable bonds is 2. The van der Waals surface area contributed by atoms with Gasteiger partial charge in [-0.3, -0.25) is 0 Å². The molecule has 0 aliphatic heterocycles. The van der Waals surface area contributed by atoms with Crippen LogP contribution in [0.25, 0.3) is 28.2 Å². The summed E-state index contributed by atoms with van der Waals surface area (Å²) >= 11 is 0. The standard InChI is InChI=1S/C15H11N7O/c1-3-8-22-15(23)21-9-16-12(14(21)18-19-22)13-17-10-6-4-5-7-11(10)20(13)2/h1,4-7,9H,8H2,2H3. The molecule has 0 unspecified atom stereocenters. The highest BCUT2D eigenvalue weighted by Gasteiger charge is 2.18. The van der Waals surface area contributed by atoms with E-state index in [2.05, 4.69) is 26.2 Å². The molecule has 0 fully saturated rings. The van der Waals surface area contributed by atoms with Crippen LogP contribution in [0, 0.1) is 12.3 Å². The van der Waals surface area contributed by atoms with E-state index in [4.69, 9.17) is 6.42 Å². The summed E-state index contributed by atoms with van der Waals surface area (Å²) in [5.74, 6) is 2.99. The van der Waals surface area contributed by atoms with Crippen LogP contribution in [0.15, 0.2) is 35.4 Å². The second-order valence-corrected chi connectivity index (χ2v) is 5.00. The van der Waals surface area contributed by atoms with Crippen molar-refractivity contribution in [1.29, 1.82) is 0 Å². The van der Waals surface area contributed by atoms with Gasteiger partial charge in [0.2, 0.25) is 0 Å². The Morgan fingerprint density at radius 2 is 2.13 bits per heavy atom. The fourth-order valence-corrected chi connectivity index (χ4v) is 2.54. The average Bonchev–Trinajstić information content (AvgIpc) is 3.12. The highest BCUT2D eigenvalue weighted by molar-refractivity contribution is 5.82. The zero-order valence-corrected chi connectivity index (χ0v) is 12.2. The van der Waals surface area contributed by atoms with Crippen molar-refractivity contribution in [3.05, 3.63) is 41.1 Å². The number of para-hydroxylation sites is 2. The van der Waals surface area contributed by atoms with Crippen molar-refractivity contribution in [2.45, 2.75) is 6.54 Å². The van der Waals surface area contributed by atoms with Crippen molar-refractivity contribution in [2.24, 2.45) is 7.05 Å². The predicted molar refractivity (Wildman–Crippen MR) is 83.6 cm³/mol. The molecule has 4 aromatic rings. The predicted octanol–water partition coefficient (Wildman–Crippen LogP) is 0.473. The van der Waals surface area contributed by atoms with Crippen molar-refractivity contribution in [3.8, 4) is 23.9 Å². The highest BCUT2D eigenvalue weighted by Crippen LogP contribution is 2.24. The Morgan fingerprint density at radius 3 is 2.91 bits per heavy atom. The van der Waals surface area contributed by atoms with Gasteiger partial charge < -0.3 is 4.57 Å². The molecular formula is C15H11N7O. The fraction of sp³-hybridized carbons (Fsp3) is 0.133. The third kappa shape index (κ3) is 1.83. The van der Waals surface area contributed by atoms with E-state index in [-0.39, 0.29) is 12.2 Å². The minimum Gasteiger partial charge on any atom is -0.326 e. The number of nitrogens with zero attached hydrogens (tertiary/aromatic N) is 7. The number of aromatic nitrogens is 7. The maximum absolute atomic E-state index is 12.3. The van der Waals surface area contributed by atoms with E-state index >= 15 is 0 Å². The lowest BCUT2D eigenvalue weighted by Gasteiger charge is -2.01. The van der Waals surface area contributed by atoms with Crippen LogP contribution in [0.3, 0.4) is 0 Å². The zero-order valence-electron chi connectivity index (χ0n) is 12.2. The quantitative estimate of drug-likeness (QED) is 0.503. The van der Waals surface area contributed by atoms with Crippen LogP contribution in [0.5, 0.6) is 0 Å². The Bertz CT molecular complexity index is 1140. The van der Waals surface area contributed by atoms with E-state index in [0.29, 0.717) is 17.2 Å². The van der Waals surface area contributed by atoms with E-state index in [0.717, 1.165) is 15.7 Å². The van der Waals surface area contributed by atoms with Crippen LogP contribution >= 0.6 is 0 Å². The molecule has 112 valence electrons. The molecule has 23 heavy (non-hydrogen) atoms. The largest absolute Gasteiger partial charge is 0.353 e. The Morgan fingerprint density at radius 1 is 1.30 bits per heavy atom. The van der Waals surface area contributed by atoms with E-state index in [1.807, 2.05) is 35.9 Å². The van der Waals surface area contributed by atoms with Gasteiger partial charge in [-0.25, -0.2) is 19.2 Å². The highest BCUT2D eigenvalue weighted by atomic mass is 16.2. The first-order valence-electron chi connectivity index (χ1n) is 6.87. The third-order valence-corrected chi connectivity index (χ3v) is 3.66. The van der Waals surface area contributed by atoms with Crippen molar-refractivity contribution in [2.75, 3.05) is 0 Å². The lowest BCUT2D eigenvalue weighted by Crippen LogP contribution is -2.29. The summed E-state index contributed by atoms with van der Waals surface area (Å²) in [6.45, 7) is 0.0571. The fourth-order valence-electron chi connectivity index (χ4n) is 2.54. The number of benzene rings is 1. The first-order chi connectivity index (χ1) is 11.2. The maximum atomic E-state index is 12.3. The van der Waals surface area contributed by atoms with Gasteiger partial charge >= 0.3 is 5.69 Å². The smallest absolute Gasteiger partial charge is 0.326 e. The van der Waals surface area contributed by atoms with E-state index in [1.165, 1.54) is 10.7 Å². The molecule has 3 aromatic heterocycles. The monoisotopic (exact) mass is 305 g/mol. The minimum absolute atomic E-state index is 0.0571. The summed E-state index contributed by atoms with van der Waals surface area (Å²) in [5, 5.41) is 7.92. The van der Waals surface area contributed by atoms with Gasteiger partial charge in [-0.2, -0.15) is 4.68 Å². The van der Waals surface area contributed by atoms with Crippen LogP contribution in [0.4, 0.5) is 0 Å². The molecule has 4 rings (SSSR count). The van der Waals surface area contributed by atoms with Crippen LogP contribution < -0.4 is 5.69 Å². The first-order valence-corrected chi connectivity index (χ1v) is 6.87. The molecule has 1 aromatic carbocycles. The Hall–Kier alpha value is -3.47. The molecule has 0 aliphatic carbocycles. The van der Waals surface area contributed by atoms with Crippen LogP contribution in [-0.4, -0.2) is 33.9 Å². The zero-order chi connectivity index (χ0) is 16.0. The summed E-state index contributed by atoms with van der Waals surface area (Å²) in [6.07, 6.45) is 6.63. The van der Waals surface area contributed by atoms with Gasteiger partial charge in [0.05, 0.1) is 11.0 Å². The molecule has 8 heteroatoms. The van der Waals surface area contributed by atoms with Crippen molar-refractivity contribution in [3.63, 3.8) is 0 Å². The molecule has 0 aliphatic rings. The number of imidazole rings is 2. The van der Waals surface area contributed by atoms with E-state index < -0.39 is 0 Å². The van der Waals surface area contributed by atoms with Gasteiger partial charge in [0.15, 0.2) is 17.2 Å². The molecule has 0 radical (unpaired) electrons. The molecule has 8 nitrogen and oxygen atoms in total. The van der Waals surface area contributed by atoms with Crippen molar-refractivity contribution >= 4 is 16.7 Å². The third-order valence-electron chi connectivity index (χ3n) is 3.66. The molecule has 0 saturated heterocycles. The van der Waals surface area contributed by atoms with Crippen LogP contribution in [0.1, 0.15) is 0 Å². The van der Waals surface area contributed by atoms with Gasteiger partial charge in [0, 0.05) is 7.05 Å². The lowest BCUT2D eigenvalue weighted by atomic mass is 10.3. The summed E-state index contributed by atoms with van der Waals surface area (Å²) in [4.78, 5) is 21.1. The van der Waals surface area contributed by atoms with Gasteiger partial charge in [0.1, 0.15) is 12.9 Å².